The molecule has 0 saturated carbocycles. The molecule has 0 N–H and O–H groups in total. The predicted molar refractivity (Wildman–Crippen MR) is 87.2 cm³/mol. The summed E-state index contributed by atoms with van der Waals surface area (Å²) < 4.78 is 50.9. The minimum absolute atomic E-state index is 0.0125. The standard InChI is InChI=1S/C18H21F3O6/c1-11(2)9-10-17(14(22)25-3,15(23)26-4)12-5-7-13(8-6-12)27-16(24)18(19,20)21/h5,7,10,12-13H,6,8H2,1-4H3/t12-,13+/m0/s1. The maximum absolute atomic E-state index is 12.5. The molecule has 0 fully saturated rings. The van der Waals surface area contributed by atoms with Crippen molar-refractivity contribution in [3.05, 3.63) is 29.5 Å². The lowest BCUT2D eigenvalue weighted by Crippen LogP contribution is -2.46. The van der Waals surface area contributed by atoms with E-state index in [9.17, 15) is 27.6 Å². The average molecular weight is 390 g/mol. The zero-order valence-corrected chi connectivity index (χ0v) is 15.4. The van der Waals surface area contributed by atoms with E-state index in [2.05, 4.69) is 10.5 Å². The monoisotopic (exact) mass is 390 g/mol. The number of carbonyl (C=O) groups is 3. The molecule has 2 atom stereocenters. The number of alkyl halides is 3. The van der Waals surface area contributed by atoms with E-state index in [0.717, 1.165) is 14.2 Å². The molecular formula is C18H21F3O6. The topological polar surface area (TPSA) is 78.9 Å². The lowest BCUT2D eigenvalue weighted by molar-refractivity contribution is -0.203. The summed E-state index contributed by atoms with van der Waals surface area (Å²) in [5, 5.41) is 0. The lowest BCUT2D eigenvalue weighted by atomic mass is 9.70. The quantitative estimate of drug-likeness (QED) is 0.236. The molecule has 0 spiro atoms. The summed E-state index contributed by atoms with van der Waals surface area (Å²) in [7, 11) is 2.22. The smallest absolute Gasteiger partial charge is 0.468 e. The summed E-state index contributed by atoms with van der Waals surface area (Å²) >= 11 is 0. The number of rotatable bonds is 5. The number of hydrogen-bond donors (Lipinski definition) is 0. The van der Waals surface area contributed by atoms with Gasteiger partial charge in [0.2, 0.25) is 0 Å². The highest BCUT2D eigenvalue weighted by Crippen LogP contribution is 2.40. The van der Waals surface area contributed by atoms with Crippen molar-refractivity contribution >= 4 is 17.9 Å². The van der Waals surface area contributed by atoms with Crippen LogP contribution in [0.5, 0.6) is 0 Å². The molecule has 150 valence electrons. The molecule has 9 heteroatoms. The molecule has 0 amide bonds. The molecule has 0 aliphatic heterocycles. The minimum Gasteiger partial charge on any atom is -0.468 e. The highest BCUT2D eigenvalue weighted by atomic mass is 19.4. The van der Waals surface area contributed by atoms with E-state index in [1.54, 1.807) is 13.8 Å². The number of methoxy groups -OCH3 is 2. The fourth-order valence-corrected chi connectivity index (χ4v) is 2.68. The molecule has 1 aliphatic carbocycles. The van der Waals surface area contributed by atoms with Crippen LogP contribution in [0.2, 0.25) is 0 Å². The lowest BCUT2D eigenvalue weighted by Gasteiger charge is -2.34. The van der Waals surface area contributed by atoms with Crippen molar-refractivity contribution in [2.75, 3.05) is 14.2 Å². The van der Waals surface area contributed by atoms with Crippen molar-refractivity contribution in [1.29, 1.82) is 0 Å². The van der Waals surface area contributed by atoms with E-state index >= 15 is 0 Å². The van der Waals surface area contributed by atoms with Crippen LogP contribution in [0.15, 0.2) is 29.5 Å². The summed E-state index contributed by atoms with van der Waals surface area (Å²) in [5.41, 5.74) is 1.63. The third-order valence-corrected chi connectivity index (χ3v) is 4.03. The van der Waals surface area contributed by atoms with Crippen LogP contribution in [-0.2, 0) is 28.6 Å². The Morgan fingerprint density at radius 2 is 1.56 bits per heavy atom. The van der Waals surface area contributed by atoms with Gasteiger partial charge in [-0.2, -0.15) is 13.2 Å². The molecule has 0 aromatic carbocycles. The molecule has 0 radical (unpaired) electrons. The second kappa shape index (κ2) is 8.90. The predicted octanol–water partition coefficient (Wildman–Crippen LogP) is 2.88. The van der Waals surface area contributed by atoms with E-state index in [4.69, 9.17) is 9.47 Å². The Labute approximate surface area is 154 Å². The van der Waals surface area contributed by atoms with Crippen LogP contribution in [0.3, 0.4) is 0 Å². The maximum Gasteiger partial charge on any atom is 0.490 e. The van der Waals surface area contributed by atoms with E-state index in [1.165, 1.54) is 18.2 Å². The van der Waals surface area contributed by atoms with Crippen LogP contribution in [0.1, 0.15) is 26.7 Å². The Balaban J connectivity index is 3.24. The molecule has 27 heavy (non-hydrogen) atoms. The van der Waals surface area contributed by atoms with Crippen LogP contribution in [-0.4, -0.2) is 44.4 Å². The van der Waals surface area contributed by atoms with Crippen LogP contribution in [0, 0.1) is 11.3 Å². The second-order valence-electron chi connectivity index (χ2n) is 6.15. The molecular weight excluding hydrogens is 369 g/mol. The van der Waals surface area contributed by atoms with Gasteiger partial charge in [0, 0.05) is 5.92 Å². The Kier molecular flexibility index (Phi) is 7.42. The van der Waals surface area contributed by atoms with Gasteiger partial charge in [0.15, 0.2) is 5.41 Å². The van der Waals surface area contributed by atoms with Gasteiger partial charge in [-0.3, -0.25) is 9.59 Å². The van der Waals surface area contributed by atoms with Gasteiger partial charge < -0.3 is 14.2 Å². The van der Waals surface area contributed by atoms with Gasteiger partial charge in [0.1, 0.15) is 6.10 Å². The first kappa shape index (κ1) is 22.5. The number of allylic oxidation sites excluding steroid dienone is 1. The zero-order chi connectivity index (χ0) is 20.8. The van der Waals surface area contributed by atoms with Crippen molar-refractivity contribution in [2.24, 2.45) is 11.3 Å². The van der Waals surface area contributed by atoms with Gasteiger partial charge in [-0.25, -0.2) is 4.79 Å². The number of ether oxygens (including phenoxy) is 3. The van der Waals surface area contributed by atoms with E-state index in [0.29, 0.717) is 5.57 Å². The van der Waals surface area contributed by atoms with Crippen molar-refractivity contribution in [3.63, 3.8) is 0 Å². The average Bonchev–Trinajstić information content (AvgIpc) is 2.61. The SMILES string of the molecule is COC(=O)C(C=C=C(C)C)(C(=O)OC)[C@H]1C=C[C@@H](OC(=O)C(F)(F)F)CC1. The van der Waals surface area contributed by atoms with Crippen molar-refractivity contribution in [1.82, 2.24) is 0 Å². The second-order valence-corrected chi connectivity index (χ2v) is 6.15. The molecule has 0 heterocycles. The summed E-state index contributed by atoms with van der Waals surface area (Å²) in [6.45, 7) is 3.41. The maximum atomic E-state index is 12.5. The van der Waals surface area contributed by atoms with E-state index in [-0.39, 0.29) is 12.8 Å². The van der Waals surface area contributed by atoms with Crippen molar-refractivity contribution in [3.8, 4) is 0 Å². The molecule has 1 aliphatic rings. The van der Waals surface area contributed by atoms with Gasteiger partial charge in [-0.05, 0) is 44.4 Å². The fourth-order valence-electron chi connectivity index (χ4n) is 2.68. The summed E-state index contributed by atoms with van der Waals surface area (Å²) in [6.07, 6.45) is -2.33. The number of esters is 3. The molecule has 0 saturated heterocycles. The first-order chi connectivity index (χ1) is 12.5. The van der Waals surface area contributed by atoms with Gasteiger partial charge in [-0.1, -0.05) is 6.08 Å². The number of halogens is 3. The Bertz CT molecular complexity index is 666. The molecule has 6 nitrogen and oxygen atoms in total. The van der Waals surface area contributed by atoms with E-state index in [1.807, 2.05) is 0 Å². The first-order valence-corrected chi connectivity index (χ1v) is 8.03. The van der Waals surface area contributed by atoms with Crippen molar-refractivity contribution in [2.45, 2.75) is 39.0 Å². The normalized spacial score (nSPS) is 19.5. The van der Waals surface area contributed by atoms with Gasteiger partial charge >= 0.3 is 24.1 Å². The molecule has 0 aromatic heterocycles. The van der Waals surface area contributed by atoms with Gasteiger partial charge in [-0.15, -0.1) is 5.73 Å². The Morgan fingerprint density at radius 1 is 1.00 bits per heavy atom. The molecule has 0 aromatic rings. The zero-order valence-electron chi connectivity index (χ0n) is 15.4. The summed E-state index contributed by atoms with van der Waals surface area (Å²) in [6, 6.07) is 0. The first-order valence-electron chi connectivity index (χ1n) is 8.03. The summed E-state index contributed by atoms with van der Waals surface area (Å²) in [5.74, 6) is -4.84. The molecule has 0 bridgehead atoms. The van der Waals surface area contributed by atoms with Crippen LogP contribution < -0.4 is 0 Å². The van der Waals surface area contributed by atoms with Crippen molar-refractivity contribution < 1.29 is 41.8 Å². The largest absolute Gasteiger partial charge is 0.490 e. The molecule has 1 rings (SSSR count). The Hall–Kier alpha value is -2.54. The van der Waals surface area contributed by atoms with Crippen LogP contribution >= 0.6 is 0 Å². The van der Waals surface area contributed by atoms with Gasteiger partial charge in [0.25, 0.3) is 0 Å². The van der Waals surface area contributed by atoms with Crippen LogP contribution in [0.4, 0.5) is 13.2 Å². The minimum atomic E-state index is -5.10. The number of hydrogen-bond acceptors (Lipinski definition) is 6. The fraction of sp³-hybridized carbons (Fsp3) is 0.556. The van der Waals surface area contributed by atoms with Gasteiger partial charge in [0.05, 0.1) is 14.2 Å². The third-order valence-electron chi connectivity index (χ3n) is 4.03. The van der Waals surface area contributed by atoms with E-state index < -0.39 is 41.5 Å². The highest BCUT2D eigenvalue weighted by Gasteiger charge is 2.53. The summed E-state index contributed by atoms with van der Waals surface area (Å²) in [4.78, 5) is 35.9. The molecule has 0 unspecified atom stereocenters. The highest BCUT2D eigenvalue weighted by molar-refractivity contribution is 6.03. The third kappa shape index (κ3) is 5.23. The Morgan fingerprint density at radius 3 is 1.93 bits per heavy atom. The number of carbonyl (C=O) groups excluding carboxylic acids is 3. The van der Waals surface area contributed by atoms with Crippen LogP contribution in [0.25, 0.3) is 0 Å².